The van der Waals surface area contributed by atoms with E-state index < -0.39 is 0 Å². The normalized spacial score (nSPS) is 9.56. The van der Waals surface area contributed by atoms with Gasteiger partial charge in [-0.2, -0.15) is 0 Å². The van der Waals surface area contributed by atoms with Gasteiger partial charge in [0, 0.05) is 0 Å². The van der Waals surface area contributed by atoms with Gasteiger partial charge in [0.05, 0.1) is 0 Å². The Bertz CT molecular complexity index is 828. The van der Waals surface area contributed by atoms with Gasteiger partial charge < -0.3 is 5.48 Å². The van der Waals surface area contributed by atoms with Gasteiger partial charge in [-0.05, 0) is 36.1 Å². The summed E-state index contributed by atoms with van der Waals surface area (Å²) in [6.07, 6.45) is 0. The molecular weight excluding hydrogens is 328 g/mol. The Kier molecular flexibility index (Phi) is 7.54. The quantitative estimate of drug-likeness (QED) is 0.393. The molecule has 2 N–H and O–H groups in total. The second kappa shape index (κ2) is 10.1. The largest absolute Gasteiger partial charge is 0.412 e. The van der Waals surface area contributed by atoms with E-state index in [0.29, 0.717) is 0 Å². The van der Waals surface area contributed by atoms with Crippen LogP contribution in [0.25, 0.3) is 22.3 Å². The molecule has 0 saturated carbocycles. The summed E-state index contributed by atoms with van der Waals surface area (Å²) in [5.74, 6) is 0. The summed E-state index contributed by atoms with van der Waals surface area (Å²) in [6.45, 7) is 4.21. The molecule has 0 fully saturated rings. The minimum absolute atomic E-state index is 0. The molecule has 0 unspecified atom stereocenters. The van der Waals surface area contributed by atoms with Crippen LogP contribution in [0, 0.1) is 13.8 Å². The van der Waals surface area contributed by atoms with Crippen LogP contribution in [0.1, 0.15) is 11.1 Å². The highest BCUT2D eigenvalue weighted by atomic mass is 16.0. The van der Waals surface area contributed by atoms with Gasteiger partial charge in [-0.3, -0.25) is 0 Å². The molecule has 0 aliphatic rings. The molecule has 136 valence electrons. The van der Waals surface area contributed by atoms with E-state index in [0.717, 1.165) is 0 Å². The SMILES string of the molecule is Cc1ccc(-c2ccccc2)cc1.Cc1ccc(-c2ccccc2)cc1.O. The lowest BCUT2D eigenvalue weighted by atomic mass is 10.0. The van der Waals surface area contributed by atoms with E-state index in [1.165, 1.54) is 33.4 Å². The molecule has 0 amide bonds. The molecule has 0 heterocycles. The van der Waals surface area contributed by atoms with Crippen molar-refractivity contribution in [3.05, 3.63) is 120 Å². The maximum absolute atomic E-state index is 2.16. The number of hydrogen-bond donors (Lipinski definition) is 0. The second-order valence-electron chi connectivity index (χ2n) is 6.46. The first-order valence-corrected chi connectivity index (χ1v) is 8.96. The smallest absolute Gasteiger partial charge is 0.0184 e. The van der Waals surface area contributed by atoms with E-state index in [1.807, 2.05) is 12.1 Å². The van der Waals surface area contributed by atoms with E-state index in [9.17, 15) is 0 Å². The van der Waals surface area contributed by atoms with Crippen molar-refractivity contribution >= 4 is 0 Å². The maximum Gasteiger partial charge on any atom is -0.0184 e. The highest BCUT2D eigenvalue weighted by molar-refractivity contribution is 5.64. The van der Waals surface area contributed by atoms with Crippen molar-refractivity contribution in [1.82, 2.24) is 0 Å². The molecule has 0 bridgehead atoms. The van der Waals surface area contributed by atoms with Crippen LogP contribution in [0.2, 0.25) is 0 Å². The van der Waals surface area contributed by atoms with Gasteiger partial charge in [0.2, 0.25) is 0 Å². The first-order valence-electron chi connectivity index (χ1n) is 8.96. The molecule has 27 heavy (non-hydrogen) atoms. The number of aryl methyl sites for hydroxylation is 2. The predicted octanol–water partition coefficient (Wildman–Crippen LogP) is 6.50. The maximum atomic E-state index is 2.16. The third-order valence-electron chi connectivity index (χ3n) is 4.32. The molecule has 0 aliphatic heterocycles. The fourth-order valence-electron chi connectivity index (χ4n) is 2.75. The third kappa shape index (κ3) is 5.95. The van der Waals surface area contributed by atoms with Crippen molar-refractivity contribution in [1.29, 1.82) is 0 Å². The Morgan fingerprint density at radius 2 is 0.593 bits per heavy atom. The molecular formula is C26H26O. The summed E-state index contributed by atoms with van der Waals surface area (Å²) >= 11 is 0. The lowest BCUT2D eigenvalue weighted by Crippen LogP contribution is -1.76. The number of benzene rings is 4. The summed E-state index contributed by atoms with van der Waals surface area (Å²) in [5, 5.41) is 0. The van der Waals surface area contributed by atoms with Crippen molar-refractivity contribution < 1.29 is 5.48 Å². The Morgan fingerprint density at radius 3 is 0.889 bits per heavy atom. The summed E-state index contributed by atoms with van der Waals surface area (Å²) in [5.41, 5.74) is 7.74. The average Bonchev–Trinajstić information content (AvgIpc) is 2.71. The molecule has 0 atom stereocenters. The van der Waals surface area contributed by atoms with Gasteiger partial charge in [0.15, 0.2) is 0 Å². The summed E-state index contributed by atoms with van der Waals surface area (Å²) < 4.78 is 0. The van der Waals surface area contributed by atoms with Crippen molar-refractivity contribution in [2.45, 2.75) is 13.8 Å². The van der Waals surface area contributed by atoms with Gasteiger partial charge >= 0.3 is 0 Å². The van der Waals surface area contributed by atoms with Crippen molar-refractivity contribution in [3.63, 3.8) is 0 Å². The zero-order valence-electron chi connectivity index (χ0n) is 15.9. The van der Waals surface area contributed by atoms with Crippen LogP contribution in [0.5, 0.6) is 0 Å². The average molecular weight is 354 g/mol. The molecule has 4 rings (SSSR count). The molecule has 4 aromatic rings. The van der Waals surface area contributed by atoms with Crippen LogP contribution >= 0.6 is 0 Å². The van der Waals surface area contributed by atoms with Crippen molar-refractivity contribution in [3.8, 4) is 22.3 Å². The van der Waals surface area contributed by atoms with Crippen LogP contribution < -0.4 is 0 Å². The zero-order chi connectivity index (χ0) is 18.2. The van der Waals surface area contributed by atoms with Crippen molar-refractivity contribution in [2.75, 3.05) is 0 Å². The van der Waals surface area contributed by atoms with Crippen LogP contribution in [0.15, 0.2) is 109 Å². The van der Waals surface area contributed by atoms with Crippen molar-refractivity contribution in [2.24, 2.45) is 0 Å². The molecule has 0 aliphatic carbocycles. The van der Waals surface area contributed by atoms with Gasteiger partial charge in [0.25, 0.3) is 0 Å². The zero-order valence-corrected chi connectivity index (χ0v) is 15.9. The first-order chi connectivity index (χ1) is 12.7. The molecule has 0 spiro atoms. The van der Waals surface area contributed by atoms with Gasteiger partial charge in [-0.25, -0.2) is 0 Å². The topological polar surface area (TPSA) is 31.5 Å². The van der Waals surface area contributed by atoms with Crippen LogP contribution in [0.4, 0.5) is 0 Å². The van der Waals surface area contributed by atoms with E-state index in [-0.39, 0.29) is 5.48 Å². The summed E-state index contributed by atoms with van der Waals surface area (Å²) in [7, 11) is 0. The second-order valence-corrected chi connectivity index (χ2v) is 6.46. The predicted molar refractivity (Wildman–Crippen MR) is 117 cm³/mol. The minimum atomic E-state index is 0. The standard InChI is InChI=1S/2C13H12.H2O/c2*1-11-7-9-13(10-8-11)12-5-3-2-4-6-12;/h2*2-10H,1H3;1H2. The highest BCUT2D eigenvalue weighted by Gasteiger charge is 1.94. The van der Waals surface area contributed by atoms with E-state index in [4.69, 9.17) is 0 Å². The van der Waals surface area contributed by atoms with Crippen LogP contribution in [-0.2, 0) is 0 Å². The molecule has 1 nitrogen and oxygen atoms in total. The van der Waals surface area contributed by atoms with E-state index >= 15 is 0 Å². The first kappa shape index (κ1) is 20.2. The van der Waals surface area contributed by atoms with Gasteiger partial charge in [-0.15, -0.1) is 0 Å². The van der Waals surface area contributed by atoms with Crippen LogP contribution in [-0.4, -0.2) is 5.48 Å². The summed E-state index contributed by atoms with van der Waals surface area (Å²) in [6, 6.07) is 38.1. The van der Waals surface area contributed by atoms with Crippen LogP contribution in [0.3, 0.4) is 0 Å². The van der Waals surface area contributed by atoms with E-state index in [2.05, 4.69) is 111 Å². The molecule has 0 radical (unpaired) electrons. The molecule has 1 heteroatoms. The third-order valence-corrected chi connectivity index (χ3v) is 4.32. The van der Waals surface area contributed by atoms with Gasteiger partial charge in [0.1, 0.15) is 0 Å². The minimum Gasteiger partial charge on any atom is -0.412 e. The lowest BCUT2D eigenvalue weighted by molar-refractivity contribution is 0.824. The Labute approximate surface area is 162 Å². The molecule has 0 aromatic heterocycles. The summed E-state index contributed by atoms with van der Waals surface area (Å²) in [4.78, 5) is 0. The number of hydrogen-bond acceptors (Lipinski definition) is 0. The fraction of sp³-hybridized carbons (Fsp3) is 0.0769. The van der Waals surface area contributed by atoms with E-state index in [1.54, 1.807) is 0 Å². The Balaban J connectivity index is 0.000000187. The molecule has 4 aromatic carbocycles. The highest BCUT2D eigenvalue weighted by Crippen LogP contribution is 2.19. The lowest BCUT2D eigenvalue weighted by Gasteiger charge is -2.00. The number of rotatable bonds is 2. The van der Waals surface area contributed by atoms with Gasteiger partial charge in [-0.1, -0.05) is 120 Å². The Morgan fingerprint density at radius 1 is 0.333 bits per heavy atom. The fourth-order valence-corrected chi connectivity index (χ4v) is 2.75. The molecule has 0 saturated heterocycles. The monoisotopic (exact) mass is 354 g/mol. The Hall–Kier alpha value is -3.16.